The van der Waals surface area contributed by atoms with Crippen molar-refractivity contribution in [2.45, 2.75) is 33.1 Å². The number of ether oxygens (including phenoxy) is 1. The average molecular weight is 430 g/mol. The van der Waals surface area contributed by atoms with Crippen LogP contribution in [-0.2, 0) is 6.42 Å². The van der Waals surface area contributed by atoms with Gasteiger partial charge in [0.2, 0.25) is 0 Å². The van der Waals surface area contributed by atoms with Crippen molar-refractivity contribution in [3.05, 3.63) is 83.7 Å². The molecule has 0 aliphatic carbocycles. The standard InChI is InChI=1S/C27H31N3O2/c1-20-12-16-30(17-13-20)26-19-21(2)6-11-25(26)27(31)29-23-7-9-24(10-8-23)32-18-14-22-5-3-4-15-28-22/h3-11,15,19-20H,12-14,16-18H2,1-2H3,(H,29,31). The number of aromatic nitrogens is 1. The topological polar surface area (TPSA) is 54.5 Å². The lowest BCUT2D eigenvalue weighted by Gasteiger charge is -2.33. The van der Waals surface area contributed by atoms with Crippen molar-refractivity contribution in [1.82, 2.24) is 4.98 Å². The van der Waals surface area contributed by atoms with Crippen molar-refractivity contribution >= 4 is 17.3 Å². The molecule has 5 heteroatoms. The molecule has 1 aliphatic rings. The van der Waals surface area contributed by atoms with Crippen LogP contribution in [0.5, 0.6) is 5.75 Å². The van der Waals surface area contributed by atoms with Crippen LogP contribution in [0.15, 0.2) is 66.9 Å². The number of piperidine rings is 1. The smallest absolute Gasteiger partial charge is 0.257 e. The zero-order valence-corrected chi connectivity index (χ0v) is 18.9. The van der Waals surface area contributed by atoms with Crippen LogP contribution < -0.4 is 15.0 Å². The fraction of sp³-hybridized carbons (Fsp3) is 0.333. The van der Waals surface area contributed by atoms with E-state index in [1.807, 2.05) is 54.6 Å². The van der Waals surface area contributed by atoms with E-state index in [1.165, 1.54) is 5.56 Å². The van der Waals surface area contributed by atoms with Gasteiger partial charge < -0.3 is 15.0 Å². The Morgan fingerprint density at radius 2 is 1.88 bits per heavy atom. The van der Waals surface area contributed by atoms with E-state index >= 15 is 0 Å². The second-order valence-electron chi connectivity index (χ2n) is 8.59. The van der Waals surface area contributed by atoms with Crippen molar-refractivity contribution in [2.75, 3.05) is 29.9 Å². The third-order valence-electron chi connectivity index (χ3n) is 5.99. The zero-order valence-electron chi connectivity index (χ0n) is 18.9. The van der Waals surface area contributed by atoms with E-state index in [1.54, 1.807) is 6.20 Å². The van der Waals surface area contributed by atoms with Crippen LogP contribution >= 0.6 is 0 Å². The molecule has 1 amide bonds. The molecule has 3 aromatic rings. The molecule has 166 valence electrons. The van der Waals surface area contributed by atoms with Gasteiger partial charge in [-0.05, 0) is 79.8 Å². The van der Waals surface area contributed by atoms with E-state index in [0.29, 0.717) is 6.61 Å². The molecular formula is C27H31N3O2. The maximum Gasteiger partial charge on any atom is 0.257 e. The van der Waals surface area contributed by atoms with Crippen molar-refractivity contribution in [2.24, 2.45) is 5.92 Å². The minimum Gasteiger partial charge on any atom is -0.493 e. The van der Waals surface area contributed by atoms with E-state index in [9.17, 15) is 4.79 Å². The van der Waals surface area contributed by atoms with Gasteiger partial charge in [0.15, 0.2) is 0 Å². The number of rotatable bonds is 7. The summed E-state index contributed by atoms with van der Waals surface area (Å²) >= 11 is 0. The molecule has 2 heterocycles. The lowest BCUT2D eigenvalue weighted by molar-refractivity contribution is 0.102. The fourth-order valence-corrected chi connectivity index (χ4v) is 4.00. The maximum atomic E-state index is 13.1. The Morgan fingerprint density at radius 3 is 2.59 bits per heavy atom. The van der Waals surface area contributed by atoms with Crippen molar-refractivity contribution in [3.8, 4) is 5.75 Å². The number of hydrogen-bond acceptors (Lipinski definition) is 4. The number of carbonyl (C=O) groups excluding carboxylic acids is 1. The van der Waals surface area contributed by atoms with E-state index in [2.05, 4.69) is 35.1 Å². The van der Waals surface area contributed by atoms with Gasteiger partial charge in [-0.1, -0.05) is 19.1 Å². The first-order valence-electron chi connectivity index (χ1n) is 11.4. The molecule has 0 saturated carbocycles. The Kier molecular flexibility index (Phi) is 7.05. The molecule has 0 spiro atoms. The Balaban J connectivity index is 1.37. The number of aryl methyl sites for hydroxylation is 1. The molecule has 32 heavy (non-hydrogen) atoms. The van der Waals surface area contributed by atoms with Gasteiger partial charge in [-0.3, -0.25) is 9.78 Å². The Morgan fingerprint density at radius 1 is 1.09 bits per heavy atom. The molecule has 1 fully saturated rings. The largest absolute Gasteiger partial charge is 0.493 e. The van der Waals surface area contributed by atoms with Gasteiger partial charge in [0, 0.05) is 42.8 Å². The van der Waals surface area contributed by atoms with E-state index in [0.717, 1.165) is 66.7 Å². The van der Waals surface area contributed by atoms with Gasteiger partial charge in [0.05, 0.1) is 12.2 Å². The normalized spacial score (nSPS) is 14.2. The molecular weight excluding hydrogens is 398 g/mol. The first-order chi connectivity index (χ1) is 15.6. The third kappa shape index (κ3) is 5.67. The lowest BCUT2D eigenvalue weighted by Crippen LogP contribution is -2.34. The molecule has 1 N–H and O–H groups in total. The van der Waals surface area contributed by atoms with Crippen LogP contribution in [0.25, 0.3) is 0 Å². The SMILES string of the molecule is Cc1ccc(C(=O)Nc2ccc(OCCc3ccccn3)cc2)c(N2CCC(C)CC2)c1. The summed E-state index contributed by atoms with van der Waals surface area (Å²) in [5.74, 6) is 1.44. The van der Waals surface area contributed by atoms with Crippen LogP contribution in [0.1, 0.15) is 41.4 Å². The minimum absolute atomic E-state index is 0.0811. The summed E-state index contributed by atoms with van der Waals surface area (Å²) in [4.78, 5) is 19.7. The molecule has 0 atom stereocenters. The van der Waals surface area contributed by atoms with E-state index in [4.69, 9.17) is 4.74 Å². The number of nitrogens with zero attached hydrogens (tertiary/aromatic N) is 2. The van der Waals surface area contributed by atoms with Crippen molar-refractivity contribution in [1.29, 1.82) is 0 Å². The lowest BCUT2D eigenvalue weighted by atomic mass is 9.97. The highest BCUT2D eigenvalue weighted by Gasteiger charge is 2.21. The molecule has 1 saturated heterocycles. The highest BCUT2D eigenvalue weighted by Crippen LogP contribution is 2.28. The second kappa shape index (κ2) is 10.3. The second-order valence-corrected chi connectivity index (χ2v) is 8.59. The highest BCUT2D eigenvalue weighted by molar-refractivity contribution is 6.08. The van der Waals surface area contributed by atoms with E-state index in [-0.39, 0.29) is 5.91 Å². The number of nitrogens with one attached hydrogen (secondary N) is 1. The summed E-state index contributed by atoms with van der Waals surface area (Å²) in [6.45, 7) is 6.92. The molecule has 1 aliphatic heterocycles. The third-order valence-corrected chi connectivity index (χ3v) is 5.99. The van der Waals surface area contributed by atoms with Gasteiger partial charge in [-0.2, -0.15) is 0 Å². The Labute approximate surface area is 190 Å². The van der Waals surface area contributed by atoms with Crippen LogP contribution in [0, 0.1) is 12.8 Å². The van der Waals surface area contributed by atoms with Gasteiger partial charge in [0.1, 0.15) is 5.75 Å². The highest BCUT2D eigenvalue weighted by atomic mass is 16.5. The number of amides is 1. The van der Waals surface area contributed by atoms with Gasteiger partial charge in [-0.25, -0.2) is 0 Å². The van der Waals surface area contributed by atoms with Crippen molar-refractivity contribution < 1.29 is 9.53 Å². The quantitative estimate of drug-likeness (QED) is 0.539. The monoisotopic (exact) mass is 429 g/mol. The molecule has 4 rings (SSSR count). The van der Waals surface area contributed by atoms with Gasteiger partial charge >= 0.3 is 0 Å². The summed E-state index contributed by atoms with van der Waals surface area (Å²) < 4.78 is 5.82. The Hall–Kier alpha value is -3.34. The minimum atomic E-state index is -0.0811. The van der Waals surface area contributed by atoms with Crippen LogP contribution in [0.4, 0.5) is 11.4 Å². The van der Waals surface area contributed by atoms with Crippen LogP contribution in [0.2, 0.25) is 0 Å². The maximum absolute atomic E-state index is 13.1. The number of pyridine rings is 1. The molecule has 1 aromatic heterocycles. The number of anilines is 2. The summed E-state index contributed by atoms with van der Waals surface area (Å²) in [5, 5.41) is 3.04. The molecule has 2 aromatic carbocycles. The number of hydrogen-bond donors (Lipinski definition) is 1. The predicted octanol–water partition coefficient (Wildman–Crippen LogP) is 5.50. The number of benzene rings is 2. The van der Waals surface area contributed by atoms with Crippen LogP contribution in [0.3, 0.4) is 0 Å². The van der Waals surface area contributed by atoms with Gasteiger partial charge in [-0.15, -0.1) is 0 Å². The summed E-state index contributed by atoms with van der Waals surface area (Å²) in [6.07, 6.45) is 4.87. The zero-order chi connectivity index (χ0) is 22.3. The molecule has 0 radical (unpaired) electrons. The fourth-order valence-electron chi connectivity index (χ4n) is 4.00. The summed E-state index contributed by atoms with van der Waals surface area (Å²) in [7, 11) is 0. The molecule has 0 bridgehead atoms. The molecule has 5 nitrogen and oxygen atoms in total. The number of carbonyl (C=O) groups is 1. The van der Waals surface area contributed by atoms with Crippen LogP contribution in [-0.4, -0.2) is 30.6 Å². The first-order valence-corrected chi connectivity index (χ1v) is 11.4. The molecule has 0 unspecified atom stereocenters. The average Bonchev–Trinajstić information content (AvgIpc) is 2.81. The summed E-state index contributed by atoms with van der Waals surface area (Å²) in [5.41, 5.74) is 4.69. The predicted molar refractivity (Wildman–Crippen MR) is 130 cm³/mol. The summed E-state index contributed by atoms with van der Waals surface area (Å²) in [6, 6.07) is 19.5. The first kappa shape index (κ1) is 21.9. The Bertz CT molecular complexity index is 1030. The van der Waals surface area contributed by atoms with E-state index < -0.39 is 0 Å². The van der Waals surface area contributed by atoms with Crippen molar-refractivity contribution in [3.63, 3.8) is 0 Å². The van der Waals surface area contributed by atoms with Gasteiger partial charge in [0.25, 0.3) is 5.91 Å².